The van der Waals surface area contributed by atoms with E-state index in [0.29, 0.717) is 30.4 Å². The quantitative estimate of drug-likeness (QED) is 0.480. The summed E-state index contributed by atoms with van der Waals surface area (Å²) in [6, 6.07) is 23.3. The number of thioether (sulfide) groups is 1. The van der Waals surface area contributed by atoms with Crippen LogP contribution in [0.2, 0.25) is 0 Å². The minimum atomic E-state index is -0.0285. The molecule has 0 saturated carbocycles. The van der Waals surface area contributed by atoms with Gasteiger partial charge in [0.25, 0.3) is 0 Å². The van der Waals surface area contributed by atoms with E-state index in [9.17, 15) is 4.79 Å². The van der Waals surface area contributed by atoms with Crippen LogP contribution in [-0.4, -0.2) is 25.9 Å². The molecular formula is C24H25NO4S. The largest absolute Gasteiger partial charge is 0.497 e. The van der Waals surface area contributed by atoms with E-state index in [0.717, 1.165) is 21.8 Å². The van der Waals surface area contributed by atoms with Crippen molar-refractivity contribution in [3.8, 4) is 17.2 Å². The molecule has 0 bridgehead atoms. The first-order chi connectivity index (χ1) is 14.7. The minimum Gasteiger partial charge on any atom is -0.497 e. The molecule has 0 aromatic heterocycles. The molecule has 0 aliphatic heterocycles. The maximum absolute atomic E-state index is 12.2. The number of carbonyl (C=O) groups excluding carboxylic acids is 1. The van der Waals surface area contributed by atoms with Crippen LogP contribution in [0.4, 0.5) is 0 Å². The molecule has 0 spiro atoms. The van der Waals surface area contributed by atoms with Crippen molar-refractivity contribution in [2.45, 2.75) is 18.0 Å². The number of ether oxygens (including phenoxy) is 3. The first-order valence-electron chi connectivity index (χ1n) is 9.55. The monoisotopic (exact) mass is 423 g/mol. The Morgan fingerprint density at radius 3 is 2.33 bits per heavy atom. The van der Waals surface area contributed by atoms with Crippen LogP contribution in [0.25, 0.3) is 0 Å². The van der Waals surface area contributed by atoms with Crippen molar-refractivity contribution in [3.63, 3.8) is 0 Å². The van der Waals surface area contributed by atoms with Gasteiger partial charge in [0.1, 0.15) is 12.4 Å². The fourth-order valence-corrected chi connectivity index (χ4v) is 3.48. The summed E-state index contributed by atoms with van der Waals surface area (Å²) in [7, 11) is 3.24. The lowest BCUT2D eigenvalue weighted by Gasteiger charge is -2.13. The molecule has 0 heterocycles. The Hall–Kier alpha value is -3.12. The van der Waals surface area contributed by atoms with Crippen LogP contribution >= 0.6 is 11.8 Å². The Labute approximate surface area is 181 Å². The summed E-state index contributed by atoms with van der Waals surface area (Å²) in [5.41, 5.74) is 2.03. The lowest BCUT2D eigenvalue weighted by molar-refractivity contribution is -0.118. The molecule has 0 fully saturated rings. The van der Waals surface area contributed by atoms with Crippen molar-refractivity contribution in [1.29, 1.82) is 0 Å². The fraction of sp³-hybridized carbons (Fsp3) is 0.208. The lowest BCUT2D eigenvalue weighted by atomic mass is 10.2. The van der Waals surface area contributed by atoms with Gasteiger partial charge in [-0.1, -0.05) is 36.4 Å². The zero-order valence-corrected chi connectivity index (χ0v) is 17.9. The van der Waals surface area contributed by atoms with Crippen molar-refractivity contribution >= 4 is 17.7 Å². The third kappa shape index (κ3) is 6.46. The number of hydrogen-bond acceptors (Lipinski definition) is 5. The van der Waals surface area contributed by atoms with Gasteiger partial charge in [-0.05, 0) is 47.5 Å². The molecule has 0 aliphatic rings. The highest BCUT2D eigenvalue weighted by Crippen LogP contribution is 2.29. The summed E-state index contributed by atoms with van der Waals surface area (Å²) in [4.78, 5) is 13.2. The topological polar surface area (TPSA) is 56.8 Å². The van der Waals surface area contributed by atoms with Crippen LogP contribution in [-0.2, 0) is 17.9 Å². The van der Waals surface area contributed by atoms with Crippen molar-refractivity contribution in [2.75, 3.05) is 20.0 Å². The molecule has 0 radical (unpaired) electrons. The zero-order chi connectivity index (χ0) is 21.2. The van der Waals surface area contributed by atoms with Gasteiger partial charge in [-0.25, -0.2) is 0 Å². The van der Waals surface area contributed by atoms with E-state index in [2.05, 4.69) is 5.32 Å². The van der Waals surface area contributed by atoms with E-state index in [1.807, 2.05) is 72.8 Å². The number of amides is 1. The van der Waals surface area contributed by atoms with Gasteiger partial charge in [0, 0.05) is 11.4 Å². The molecule has 1 amide bonds. The van der Waals surface area contributed by atoms with Crippen LogP contribution in [0.3, 0.4) is 0 Å². The minimum absolute atomic E-state index is 0.0285. The Kier molecular flexibility index (Phi) is 8.03. The van der Waals surface area contributed by atoms with Crippen molar-refractivity contribution in [2.24, 2.45) is 0 Å². The molecule has 30 heavy (non-hydrogen) atoms. The molecule has 5 nitrogen and oxygen atoms in total. The first kappa shape index (κ1) is 21.6. The van der Waals surface area contributed by atoms with E-state index < -0.39 is 0 Å². The maximum atomic E-state index is 12.2. The Balaban J connectivity index is 1.48. The smallest absolute Gasteiger partial charge is 0.230 e. The second kappa shape index (κ2) is 11.2. The first-order valence-corrected chi connectivity index (χ1v) is 10.5. The molecule has 6 heteroatoms. The van der Waals surface area contributed by atoms with E-state index in [-0.39, 0.29) is 5.91 Å². The summed E-state index contributed by atoms with van der Waals surface area (Å²) < 4.78 is 16.5. The SMILES string of the molecule is COc1ccc(SCC(=O)NCc2ccc(OCc3ccccc3)c(OC)c2)cc1. The normalized spacial score (nSPS) is 10.3. The van der Waals surface area contributed by atoms with E-state index in [4.69, 9.17) is 14.2 Å². The Bertz CT molecular complexity index is 945. The summed E-state index contributed by atoms with van der Waals surface area (Å²) >= 11 is 1.49. The number of hydrogen-bond donors (Lipinski definition) is 1. The summed E-state index contributed by atoms with van der Waals surface area (Å²) in [5.74, 6) is 2.44. The van der Waals surface area contributed by atoms with Crippen LogP contribution < -0.4 is 19.5 Å². The molecule has 3 aromatic carbocycles. The van der Waals surface area contributed by atoms with Crippen LogP contribution in [0, 0.1) is 0 Å². The van der Waals surface area contributed by atoms with Crippen LogP contribution in [0.1, 0.15) is 11.1 Å². The van der Waals surface area contributed by atoms with Gasteiger partial charge >= 0.3 is 0 Å². The average molecular weight is 424 g/mol. The highest BCUT2D eigenvalue weighted by Gasteiger charge is 2.08. The Morgan fingerprint density at radius 1 is 0.867 bits per heavy atom. The highest BCUT2D eigenvalue weighted by molar-refractivity contribution is 8.00. The summed E-state index contributed by atoms with van der Waals surface area (Å²) in [6.07, 6.45) is 0. The van der Waals surface area contributed by atoms with E-state index in [1.54, 1.807) is 14.2 Å². The molecule has 0 unspecified atom stereocenters. The fourth-order valence-electron chi connectivity index (χ4n) is 2.75. The highest BCUT2D eigenvalue weighted by atomic mass is 32.2. The lowest BCUT2D eigenvalue weighted by Crippen LogP contribution is -2.24. The predicted octanol–water partition coefficient (Wildman–Crippen LogP) is 4.69. The number of carbonyl (C=O) groups is 1. The van der Waals surface area contributed by atoms with Gasteiger partial charge in [-0.3, -0.25) is 4.79 Å². The number of benzene rings is 3. The van der Waals surface area contributed by atoms with Gasteiger partial charge in [0.05, 0.1) is 20.0 Å². The van der Waals surface area contributed by atoms with Crippen LogP contribution in [0.5, 0.6) is 17.2 Å². The van der Waals surface area contributed by atoms with Crippen molar-refractivity contribution in [3.05, 3.63) is 83.9 Å². The number of methoxy groups -OCH3 is 2. The zero-order valence-electron chi connectivity index (χ0n) is 17.1. The molecular weight excluding hydrogens is 398 g/mol. The molecule has 0 aliphatic carbocycles. The van der Waals surface area contributed by atoms with Crippen LogP contribution in [0.15, 0.2) is 77.7 Å². The third-order valence-corrected chi connectivity index (χ3v) is 5.40. The molecule has 1 N–H and O–H groups in total. The van der Waals surface area contributed by atoms with Gasteiger partial charge in [0.15, 0.2) is 11.5 Å². The third-order valence-electron chi connectivity index (χ3n) is 4.38. The predicted molar refractivity (Wildman–Crippen MR) is 119 cm³/mol. The average Bonchev–Trinajstić information content (AvgIpc) is 2.81. The van der Waals surface area contributed by atoms with Crippen molar-refractivity contribution in [1.82, 2.24) is 5.32 Å². The maximum Gasteiger partial charge on any atom is 0.230 e. The van der Waals surface area contributed by atoms with Crippen molar-refractivity contribution < 1.29 is 19.0 Å². The molecule has 0 atom stereocenters. The second-order valence-electron chi connectivity index (χ2n) is 6.50. The van der Waals surface area contributed by atoms with Gasteiger partial charge in [-0.2, -0.15) is 0 Å². The second-order valence-corrected chi connectivity index (χ2v) is 7.55. The molecule has 3 aromatic rings. The number of nitrogens with one attached hydrogen (secondary N) is 1. The van der Waals surface area contributed by atoms with E-state index in [1.165, 1.54) is 11.8 Å². The van der Waals surface area contributed by atoms with E-state index >= 15 is 0 Å². The van der Waals surface area contributed by atoms with Gasteiger partial charge in [0.2, 0.25) is 5.91 Å². The molecule has 3 rings (SSSR count). The standard InChI is InChI=1S/C24H25NO4S/c1-27-20-9-11-21(12-10-20)30-17-24(26)25-15-19-8-13-22(23(14-19)28-2)29-16-18-6-4-3-5-7-18/h3-14H,15-17H2,1-2H3,(H,25,26). The molecule has 0 saturated heterocycles. The molecule has 156 valence electrons. The number of rotatable bonds is 10. The summed E-state index contributed by atoms with van der Waals surface area (Å²) in [5, 5.41) is 2.94. The van der Waals surface area contributed by atoms with Gasteiger partial charge in [-0.15, -0.1) is 11.8 Å². The Morgan fingerprint density at radius 2 is 1.63 bits per heavy atom. The van der Waals surface area contributed by atoms with Gasteiger partial charge < -0.3 is 19.5 Å². The summed E-state index contributed by atoms with van der Waals surface area (Å²) in [6.45, 7) is 0.896.